The van der Waals surface area contributed by atoms with Crippen LogP contribution in [0.25, 0.3) is 0 Å². The molecule has 1 saturated heterocycles. The third kappa shape index (κ3) is 4.60. The van der Waals surface area contributed by atoms with Crippen molar-refractivity contribution in [3.63, 3.8) is 0 Å². The average molecular weight is 343 g/mol. The summed E-state index contributed by atoms with van der Waals surface area (Å²) in [5.74, 6) is 0.582. The highest BCUT2D eigenvalue weighted by Gasteiger charge is 2.34. The Hall–Kier alpha value is -1.88. The number of rotatable bonds is 6. The predicted molar refractivity (Wildman–Crippen MR) is 97.9 cm³/mol. The maximum absolute atomic E-state index is 12.8. The van der Waals surface area contributed by atoms with Crippen LogP contribution in [0.2, 0.25) is 0 Å². The molecule has 1 aliphatic heterocycles. The topological polar surface area (TPSA) is 61.4 Å². The first-order valence-corrected chi connectivity index (χ1v) is 9.45. The number of nitrogens with zero attached hydrogens (tertiary/aromatic N) is 1. The van der Waals surface area contributed by atoms with Crippen LogP contribution in [0.3, 0.4) is 0 Å². The number of hydrogen-bond acceptors (Lipinski definition) is 3. The zero-order valence-electron chi connectivity index (χ0n) is 15.2. The first-order chi connectivity index (χ1) is 12.1. The lowest BCUT2D eigenvalue weighted by Gasteiger charge is -2.40. The molecule has 25 heavy (non-hydrogen) atoms. The third-order valence-electron chi connectivity index (χ3n) is 5.40. The fourth-order valence-corrected chi connectivity index (χ4v) is 3.65. The van der Waals surface area contributed by atoms with Crippen molar-refractivity contribution < 1.29 is 9.59 Å². The fraction of sp³-hybridized carbons (Fsp3) is 0.600. The summed E-state index contributed by atoms with van der Waals surface area (Å²) >= 11 is 0. The number of hydrogen-bond donors (Lipinski definition) is 2. The first kappa shape index (κ1) is 17.9. The molecule has 0 bridgehead atoms. The van der Waals surface area contributed by atoms with Crippen molar-refractivity contribution in [2.24, 2.45) is 5.92 Å². The smallest absolute Gasteiger partial charge is 0.241 e. The number of carbonyl (C=O) groups excluding carboxylic acids is 2. The Kier molecular flexibility index (Phi) is 5.74. The first-order valence-electron chi connectivity index (χ1n) is 9.45. The summed E-state index contributed by atoms with van der Waals surface area (Å²) in [6.07, 6.45) is 4.05. The Bertz CT molecular complexity index is 600. The molecule has 2 N–H and O–H groups in total. The number of likely N-dealkylation sites (tertiary alicyclic amines) is 1. The van der Waals surface area contributed by atoms with E-state index in [9.17, 15) is 9.59 Å². The summed E-state index contributed by atoms with van der Waals surface area (Å²) in [4.78, 5) is 26.4. The van der Waals surface area contributed by atoms with E-state index in [1.165, 1.54) is 0 Å². The summed E-state index contributed by atoms with van der Waals surface area (Å²) in [7, 11) is 0. The van der Waals surface area contributed by atoms with Crippen LogP contribution in [-0.4, -0.2) is 41.9 Å². The average Bonchev–Trinajstić information content (AvgIpc) is 3.44. The molecule has 0 spiro atoms. The van der Waals surface area contributed by atoms with Crippen molar-refractivity contribution in [3.05, 3.63) is 35.9 Å². The van der Waals surface area contributed by atoms with Crippen molar-refractivity contribution in [2.75, 3.05) is 13.1 Å². The Labute approximate surface area is 150 Å². The number of carbonyl (C=O) groups is 2. The standard InChI is InChI=1S/C20H29N3O2/c1-3-15-13-23(14(2)24)12-11-18(15)22-19(16-7-5-4-6-8-16)20(25)21-17-9-10-17/h4-8,15,17-19,22H,3,9-13H2,1-2H3,(H,21,25). The van der Waals surface area contributed by atoms with Crippen molar-refractivity contribution in [2.45, 2.75) is 57.7 Å². The highest BCUT2D eigenvalue weighted by molar-refractivity contribution is 5.83. The van der Waals surface area contributed by atoms with Crippen LogP contribution >= 0.6 is 0 Å². The molecular weight excluding hydrogens is 314 g/mol. The lowest BCUT2D eigenvalue weighted by molar-refractivity contribution is -0.131. The molecule has 3 unspecified atom stereocenters. The van der Waals surface area contributed by atoms with E-state index < -0.39 is 0 Å². The van der Waals surface area contributed by atoms with E-state index in [4.69, 9.17) is 0 Å². The van der Waals surface area contributed by atoms with Gasteiger partial charge in [-0.2, -0.15) is 0 Å². The largest absolute Gasteiger partial charge is 0.352 e. The van der Waals surface area contributed by atoms with Gasteiger partial charge in [0.05, 0.1) is 0 Å². The minimum Gasteiger partial charge on any atom is -0.352 e. The van der Waals surface area contributed by atoms with E-state index >= 15 is 0 Å². The van der Waals surface area contributed by atoms with Crippen LogP contribution in [-0.2, 0) is 9.59 Å². The van der Waals surface area contributed by atoms with E-state index in [1.807, 2.05) is 35.2 Å². The highest BCUT2D eigenvalue weighted by Crippen LogP contribution is 2.25. The molecule has 1 saturated carbocycles. The van der Waals surface area contributed by atoms with E-state index in [0.717, 1.165) is 44.3 Å². The lowest BCUT2D eigenvalue weighted by Crippen LogP contribution is -2.53. The van der Waals surface area contributed by atoms with Gasteiger partial charge >= 0.3 is 0 Å². The Balaban J connectivity index is 1.72. The van der Waals surface area contributed by atoms with Crippen LogP contribution in [0.1, 0.15) is 51.1 Å². The van der Waals surface area contributed by atoms with Gasteiger partial charge in [-0.15, -0.1) is 0 Å². The number of amides is 2. The minimum absolute atomic E-state index is 0.0672. The SMILES string of the molecule is CCC1CN(C(C)=O)CCC1NC(C(=O)NC1CC1)c1ccccc1. The predicted octanol–water partition coefficient (Wildman–Crippen LogP) is 2.24. The second kappa shape index (κ2) is 8.00. The van der Waals surface area contributed by atoms with Gasteiger partial charge in [0.15, 0.2) is 0 Å². The van der Waals surface area contributed by atoms with Gasteiger partial charge in [0.25, 0.3) is 0 Å². The maximum Gasteiger partial charge on any atom is 0.241 e. The summed E-state index contributed by atoms with van der Waals surface area (Å²) in [6, 6.07) is 10.2. The molecule has 136 valence electrons. The molecule has 1 aliphatic carbocycles. The number of benzene rings is 1. The molecule has 2 aliphatic rings. The molecule has 1 heterocycles. The number of piperidine rings is 1. The van der Waals surface area contributed by atoms with Crippen LogP contribution in [0.5, 0.6) is 0 Å². The van der Waals surface area contributed by atoms with E-state index in [0.29, 0.717) is 12.0 Å². The van der Waals surface area contributed by atoms with Crippen molar-refractivity contribution in [3.8, 4) is 0 Å². The van der Waals surface area contributed by atoms with Gasteiger partial charge in [-0.25, -0.2) is 0 Å². The van der Waals surface area contributed by atoms with E-state index in [1.54, 1.807) is 6.92 Å². The second-order valence-electron chi connectivity index (χ2n) is 7.32. The van der Waals surface area contributed by atoms with E-state index in [2.05, 4.69) is 17.6 Å². The lowest BCUT2D eigenvalue weighted by atomic mass is 9.88. The highest BCUT2D eigenvalue weighted by atomic mass is 16.2. The molecule has 2 fully saturated rings. The van der Waals surface area contributed by atoms with Crippen molar-refractivity contribution in [1.82, 2.24) is 15.5 Å². The quantitative estimate of drug-likeness (QED) is 0.833. The Morgan fingerprint density at radius 3 is 2.52 bits per heavy atom. The molecule has 0 radical (unpaired) electrons. The summed E-state index contributed by atoms with van der Waals surface area (Å²) in [6.45, 7) is 5.33. The Morgan fingerprint density at radius 2 is 1.92 bits per heavy atom. The van der Waals surface area contributed by atoms with Gasteiger partial charge < -0.3 is 10.2 Å². The van der Waals surface area contributed by atoms with Crippen LogP contribution in [0.15, 0.2) is 30.3 Å². The molecule has 5 heteroatoms. The van der Waals surface area contributed by atoms with Crippen LogP contribution in [0.4, 0.5) is 0 Å². The van der Waals surface area contributed by atoms with Crippen LogP contribution in [0, 0.1) is 5.92 Å². The monoisotopic (exact) mass is 343 g/mol. The Morgan fingerprint density at radius 1 is 1.20 bits per heavy atom. The summed E-state index contributed by atoms with van der Waals surface area (Å²) in [5.41, 5.74) is 1.00. The van der Waals surface area contributed by atoms with Crippen molar-refractivity contribution in [1.29, 1.82) is 0 Å². The molecule has 3 rings (SSSR count). The molecular formula is C20H29N3O2. The van der Waals surface area contributed by atoms with Crippen molar-refractivity contribution >= 4 is 11.8 Å². The maximum atomic E-state index is 12.8. The summed E-state index contributed by atoms with van der Waals surface area (Å²) < 4.78 is 0. The molecule has 1 aromatic rings. The van der Waals surface area contributed by atoms with E-state index in [-0.39, 0.29) is 23.9 Å². The zero-order valence-corrected chi connectivity index (χ0v) is 15.2. The zero-order chi connectivity index (χ0) is 17.8. The number of nitrogens with one attached hydrogen (secondary N) is 2. The normalized spacial score (nSPS) is 24.6. The molecule has 1 aromatic carbocycles. The second-order valence-corrected chi connectivity index (χ2v) is 7.32. The minimum atomic E-state index is -0.329. The molecule has 0 aromatic heterocycles. The van der Waals surface area contributed by atoms with Gasteiger partial charge in [-0.1, -0.05) is 43.7 Å². The molecule has 5 nitrogen and oxygen atoms in total. The van der Waals surface area contributed by atoms with Gasteiger partial charge in [0, 0.05) is 32.1 Å². The third-order valence-corrected chi connectivity index (χ3v) is 5.40. The van der Waals surface area contributed by atoms with Gasteiger partial charge in [0.2, 0.25) is 11.8 Å². The summed E-state index contributed by atoms with van der Waals surface area (Å²) in [5, 5.41) is 6.75. The fourth-order valence-electron chi connectivity index (χ4n) is 3.65. The van der Waals surface area contributed by atoms with Crippen LogP contribution < -0.4 is 10.6 Å². The van der Waals surface area contributed by atoms with Gasteiger partial charge in [-0.3, -0.25) is 14.9 Å². The molecule has 2 amide bonds. The van der Waals surface area contributed by atoms with Gasteiger partial charge in [-0.05, 0) is 30.7 Å². The van der Waals surface area contributed by atoms with Gasteiger partial charge in [0.1, 0.15) is 6.04 Å². The molecule has 3 atom stereocenters.